The molecule has 14 nitrogen and oxygen atoms in total. The number of hydrogen-bond donors (Lipinski definition) is 5. The number of carboxylic acids is 2. The lowest BCUT2D eigenvalue weighted by Crippen LogP contribution is -2.77. The fourth-order valence-electron chi connectivity index (χ4n) is 8.84. The number of aliphatic carboxylic acids is 2. The van der Waals surface area contributed by atoms with Gasteiger partial charge in [-0.3, -0.25) is 14.3 Å². The van der Waals surface area contributed by atoms with E-state index in [-0.39, 0.29) is 41.3 Å². The molecule has 1 spiro atoms. The summed E-state index contributed by atoms with van der Waals surface area (Å²) < 4.78 is 7.99. The molecule has 7 atom stereocenters. The summed E-state index contributed by atoms with van der Waals surface area (Å²) in [5, 5.41) is 52.8. The highest BCUT2D eigenvalue weighted by atomic mass is 16.7. The number of phenols is 1. The van der Waals surface area contributed by atoms with Crippen LogP contribution in [-0.2, 0) is 21.4 Å². The van der Waals surface area contributed by atoms with Gasteiger partial charge in [-0.05, 0) is 74.8 Å². The summed E-state index contributed by atoms with van der Waals surface area (Å²) in [6.45, 7) is 1.52. The van der Waals surface area contributed by atoms with Crippen LogP contribution in [0.1, 0.15) is 49.3 Å². The van der Waals surface area contributed by atoms with Gasteiger partial charge in [0.25, 0.3) is 11.7 Å². The van der Waals surface area contributed by atoms with Crippen LogP contribution in [0, 0.1) is 5.92 Å². The van der Waals surface area contributed by atoms with Gasteiger partial charge in [0.05, 0.1) is 28.0 Å². The second-order valence-electron chi connectivity index (χ2n) is 13.3. The highest BCUT2D eigenvalue weighted by Crippen LogP contribution is 2.67. The first-order valence-electron chi connectivity index (χ1n) is 15.5. The Bertz CT molecular complexity index is 1930. The molecule has 242 valence electrons. The number of fused-ring (bicyclic) bond motifs is 1. The third-order valence-corrected chi connectivity index (χ3v) is 11.0. The number of phenolic OH excluding ortho intramolecular Hbond substituents is 1. The SMILES string of the molecule is O=C(O)C(O)C(On1c(=O)n(C2CC[C@@]3(O)[C@H]4Cc5ccc(O)c6c5[C@@]3(CCN4CC3CC3)C2O6)c(=O)c2ccccc21)C(=O)O. The fourth-order valence-corrected chi connectivity index (χ4v) is 8.84. The first-order chi connectivity index (χ1) is 22.0. The number of likely N-dealkylation sites (tertiary alicyclic amines) is 1. The van der Waals surface area contributed by atoms with Gasteiger partial charge in [-0.2, -0.15) is 0 Å². The van der Waals surface area contributed by atoms with Crippen molar-refractivity contribution in [2.45, 2.75) is 79.9 Å². The van der Waals surface area contributed by atoms with Crippen molar-refractivity contribution in [3.8, 4) is 11.5 Å². The molecule has 46 heavy (non-hydrogen) atoms. The minimum absolute atomic E-state index is 0.0193. The van der Waals surface area contributed by atoms with Gasteiger partial charge < -0.3 is 35.1 Å². The number of para-hydroxylation sites is 1. The average molecular weight is 636 g/mol. The molecule has 0 amide bonds. The number of aromatic nitrogens is 2. The van der Waals surface area contributed by atoms with E-state index in [2.05, 4.69) is 4.90 Å². The highest BCUT2D eigenvalue weighted by molar-refractivity contribution is 5.83. The Morgan fingerprint density at radius 2 is 1.80 bits per heavy atom. The molecule has 2 aromatic carbocycles. The summed E-state index contributed by atoms with van der Waals surface area (Å²) in [6, 6.07) is 8.00. The summed E-state index contributed by atoms with van der Waals surface area (Å²) in [5.74, 6) is -3.01. The van der Waals surface area contributed by atoms with E-state index in [4.69, 9.17) is 9.57 Å². The van der Waals surface area contributed by atoms with Crippen LogP contribution in [0.3, 0.4) is 0 Å². The van der Waals surface area contributed by atoms with Gasteiger partial charge in [0.1, 0.15) is 6.10 Å². The van der Waals surface area contributed by atoms with Crippen molar-refractivity contribution in [1.29, 1.82) is 0 Å². The van der Waals surface area contributed by atoms with E-state index in [0.717, 1.165) is 29.5 Å². The van der Waals surface area contributed by atoms with Crippen LogP contribution in [0.2, 0.25) is 0 Å². The number of hydrogen-bond acceptors (Lipinski definition) is 10. The Morgan fingerprint density at radius 1 is 1.04 bits per heavy atom. The molecule has 3 aliphatic carbocycles. The van der Waals surface area contributed by atoms with Gasteiger partial charge in [0.15, 0.2) is 11.5 Å². The van der Waals surface area contributed by atoms with E-state index in [1.807, 2.05) is 6.07 Å². The topological polar surface area (TPSA) is 201 Å². The summed E-state index contributed by atoms with van der Waals surface area (Å²) in [7, 11) is 0. The minimum atomic E-state index is -2.53. The van der Waals surface area contributed by atoms with Crippen LogP contribution in [0.15, 0.2) is 46.0 Å². The molecule has 1 saturated heterocycles. The summed E-state index contributed by atoms with van der Waals surface area (Å²) in [4.78, 5) is 59.7. The zero-order valence-corrected chi connectivity index (χ0v) is 24.6. The maximum Gasteiger partial charge on any atom is 0.364 e. The van der Waals surface area contributed by atoms with E-state index >= 15 is 0 Å². The van der Waals surface area contributed by atoms with Gasteiger partial charge in [-0.1, -0.05) is 18.2 Å². The van der Waals surface area contributed by atoms with E-state index in [1.165, 1.54) is 18.2 Å². The molecular formula is C32H33N3O11. The number of ether oxygens (including phenoxy) is 1. The predicted molar refractivity (Wildman–Crippen MR) is 158 cm³/mol. The van der Waals surface area contributed by atoms with Crippen LogP contribution < -0.4 is 20.8 Å². The molecule has 5 N–H and O–H groups in total. The number of carbonyl (C=O) groups is 2. The largest absolute Gasteiger partial charge is 0.504 e. The number of aliphatic hydroxyl groups excluding tert-OH is 1. The third kappa shape index (κ3) is 3.74. The lowest BCUT2D eigenvalue weighted by atomic mass is 9.48. The van der Waals surface area contributed by atoms with E-state index in [9.17, 15) is 44.7 Å². The van der Waals surface area contributed by atoms with Crippen LogP contribution in [0.4, 0.5) is 0 Å². The molecule has 5 aliphatic rings. The molecule has 2 saturated carbocycles. The molecule has 2 bridgehead atoms. The second kappa shape index (κ2) is 9.80. The van der Waals surface area contributed by atoms with Crippen LogP contribution in [0.25, 0.3) is 10.9 Å². The molecule has 14 heteroatoms. The third-order valence-electron chi connectivity index (χ3n) is 11.0. The van der Waals surface area contributed by atoms with Crippen LogP contribution in [0.5, 0.6) is 11.5 Å². The first-order valence-corrected chi connectivity index (χ1v) is 15.5. The molecule has 3 heterocycles. The molecule has 4 unspecified atom stereocenters. The van der Waals surface area contributed by atoms with Crippen LogP contribution in [-0.4, -0.2) is 94.7 Å². The lowest BCUT2D eigenvalue weighted by Gasteiger charge is -2.64. The van der Waals surface area contributed by atoms with E-state index in [1.54, 1.807) is 12.1 Å². The predicted octanol–water partition coefficient (Wildman–Crippen LogP) is 0.00150. The summed E-state index contributed by atoms with van der Waals surface area (Å²) in [5.41, 5.74) is -2.64. The number of aliphatic hydroxyl groups is 2. The van der Waals surface area contributed by atoms with Crippen molar-refractivity contribution in [3.63, 3.8) is 0 Å². The number of benzene rings is 2. The Hall–Kier alpha value is -4.40. The van der Waals surface area contributed by atoms with Gasteiger partial charge >= 0.3 is 17.6 Å². The lowest BCUT2D eigenvalue weighted by molar-refractivity contribution is -0.196. The fraction of sp³-hybridized carbons (Fsp3) is 0.500. The number of rotatable bonds is 8. The van der Waals surface area contributed by atoms with Crippen LogP contribution >= 0.6 is 0 Å². The second-order valence-corrected chi connectivity index (χ2v) is 13.3. The number of nitrogens with zero attached hydrogens (tertiary/aromatic N) is 3. The molecule has 3 fully saturated rings. The standard InChI is InChI=1S/C32H33N3O11/c36-20-8-7-16-13-21-32(44)10-9-19(26-31(32,22(16)24(20)45-26)11-12-33(21)14-15-5-6-15)34-27(38)17-3-1-2-4-18(17)35(30(34)43)46-25(29(41)42)23(37)28(39)40/h1-4,7-8,15,19,21,23,25-26,36-37,44H,5-6,9-14H2,(H,39,40)(H,41,42)/t19?,21-,23?,25?,26?,31+,32-/m1/s1. The minimum Gasteiger partial charge on any atom is -0.504 e. The van der Waals surface area contributed by atoms with Crippen molar-refractivity contribution in [1.82, 2.24) is 14.2 Å². The van der Waals surface area contributed by atoms with Gasteiger partial charge in [0, 0.05) is 18.2 Å². The normalized spacial score (nSPS) is 30.7. The molecule has 8 rings (SSSR count). The molecular weight excluding hydrogens is 602 g/mol. The zero-order chi connectivity index (χ0) is 32.3. The quantitative estimate of drug-likeness (QED) is 0.222. The number of carboxylic acid groups (broad SMARTS) is 2. The zero-order valence-electron chi connectivity index (χ0n) is 24.6. The number of piperidine rings is 1. The monoisotopic (exact) mass is 635 g/mol. The first kappa shape index (κ1) is 29.0. The van der Waals surface area contributed by atoms with Crippen molar-refractivity contribution >= 4 is 22.8 Å². The molecule has 0 radical (unpaired) electrons. The van der Waals surface area contributed by atoms with Crippen molar-refractivity contribution in [3.05, 3.63) is 68.4 Å². The molecule has 2 aliphatic heterocycles. The highest BCUT2D eigenvalue weighted by Gasteiger charge is 2.73. The number of aromatic hydroxyl groups is 1. The van der Waals surface area contributed by atoms with Crippen molar-refractivity contribution in [2.75, 3.05) is 13.1 Å². The van der Waals surface area contributed by atoms with Crippen molar-refractivity contribution in [2.24, 2.45) is 5.92 Å². The van der Waals surface area contributed by atoms with Gasteiger partial charge in [-0.25, -0.2) is 14.4 Å². The van der Waals surface area contributed by atoms with E-state index < -0.39 is 58.6 Å². The van der Waals surface area contributed by atoms with E-state index in [0.29, 0.717) is 35.6 Å². The Kier molecular flexibility index (Phi) is 6.19. The average Bonchev–Trinajstić information content (AvgIpc) is 3.77. The van der Waals surface area contributed by atoms with Crippen molar-refractivity contribution < 1.29 is 44.7 Å². The Morgan fingerprint density at radius 3 is 2.52 bits per heavy atom. The smallest absolute Gasteiger partial charge is 0.364 e. The van der Waals surface area contributed by atoms with Gasteiger partial charge in [-0.15, -0.1) is 4.73 Å². The summed E-state index contributed by atoms with van der Waals surface area (Å²) in [6.07, 6.45) is -2.20. The maximum absolute atomic E-state index is 14.3. The molecule has 1 aromatic heterocycles. The Balaban J connectivity index is 1.31. The maximum atomic E-state index is 14.3. The Labute approximate surface area is 260 Å². The van der Waals surface area contributed by atoms with Gasteiger partial charge in [0.2, 0.25) is 6.10 Å². The summed E-state index contributed by atoms with van der Waals surface area (Å²) >= 11 is 0. The molecule has 3 aromatic rings.